The zero-order valence-corrected chi connectivity index (χ0v) is 13.9. The second-order valence-electron chi connectivity index (χ2n) is 6.37. The molecule has 24 heavy (non-hydrogen) atoms. The van der Waals surface area contributed by atoms with Crippen molar-refractivity contribution in [1.82, 2.24) is 15.5 Å². The maximum Gasteiger partial charge on any atom is 0.315 e. The van der Waals surface area contributed by atoms with E-state index in [0.29, 0.717) is 6.54 Å². The number of hydrogen-bond donors (Lipinski definition) is 2. The molecule has 0 bridgehead atoms. The number of carbonyl (C=O) groups excluding carboxylic acids is 1. The van der Waals surface area contributed by atoms with Crippen LogP contribution in [0.5, 0.6) is 0 Å². The van der Waals surface area contributed by atoms with Crippen LogP contribution in [0.25, 0.3) is 0 Å². The largest absolute Gasteiger partial charge is 0.334 e. The van der Waals surface area contributed by atoms with E-state index in [0.717, 1.165) is 38.0 Å². The van der Waals surface area contributed by atoms with Crippen LogP contribution in [0.3, 0.4) is 0 Å². The molecule has 1 fully saturated rings. The Morgan fingerprint density at radius 3 is 2.38 bits per heavy atom. The Morgan fingerprint density at radius 1 is 1.00 bits per heavy atom. The Labute approximate surface area is 143 Å². The summed E-state index contributed by atoms with van der Waals surface area (Å²) in [5, 5.41) is 6.06. The normalized spacial score (nSPS) is 18.1. The van der Waals surface area contributed by atoms with E-state index in [-0.39, 0.29) is 12.1 Å². The van der Waals surface area contributed by atoms with Gasteiger partial charge in [-0.15, -0.1) is 0 Å². The standard InChI is InChI=1S/C20H25N3O/c24-20(21-14-17-8-3-1-4-9-17)22-19-12-7-13-23(16-19)15-18-10-5-2-6-11-18/h1-6,8-11,19H,7,12-16H2,(H2,21,22,24). The summed E-state index contributed by atoms with van der Waals surface area (Å²) in [5.41, 5.74) is 2.44. The number of benzene rings is 2. The Kier molecular flexibility index (Phi) is 5.85. The van der Waals surface area contributed by atoms with Gasteiger partial charge in [-0.05, 0) is 30.5 Å². The molecule has 4 nitrogen and oxygen atoms in total. The van der Waals surface area contributed by atoms with Crippen LogP contribution in [0.2, 0.25) is 0 Å². The monoisotopic (exact) mass is 323 g/mol. The topological polar surface area (TPSA) is 44.4 Å². The van der Waals surface area contributed by atoms with Gasteiger partial charge < -0.3 is 10.6 Å². The highest BCUT2D eigenvalue weighted by Gasteiger charge is 2.21. The summed E-state index contributed by atoms with van der Waals surface area (Å²) < 4.78 is 0. The van der Waals surface area contributed by atoms with Crippen LogP contribution >= 0.6 is 0 Å². The van der Waals surface area contributed by atoms with Gasteiger partial charge in [-0.3, -0.25) is 4.90 Å². The lowest BCUT2D eigenvalue weighted by molar-refractivity contribution is 0.180. The molecular weight excluding hydrogens is 298 g/mol. The summed E-state index contributed by atoms with van der Waals surface area (Å²) in [7, 11) is 0. The zero-order chi connectivity index (χ0) is 16.6. The minimum absolute atomic E-state index is 0.0783. The molecule has 1 aliphatic heterocycles. The lowest BCUT2D eigenvalue weighted by atomic mass is 10.0. The smallest absolute Gasteiger partial charge is 0.315 e. The number of carbonyl (C=O) groups is 1. The first-order chi connectivity index (χ1) is 11.8. The lowest BCUT2D eigenvalue weighted by Crippen LogP contribution is -2.50. The van der Waals surface area contributed by atoms with Crippen molar-refractivity contribution >= 4 is 6.03 Å². The fourth-order valence-corrected chi connectivity index (χ4v) is 3.17. The van der Waals surface area contributed by atoms with Gasteiger partial charge in [0.2, 0.25) is 0 Å². The first-order valence-corrected chi connectivity index (χ1v) is 8.64. The fourth-order valence-electron chi connectivity index (χ4n) is 3.17. The van der Waals surface area contributed by atoms with E-state index >= 15 is 0 Å². The van der Waals surface area contributed by atoms with Crippen LogP contribution in [-0.4, -0.2) is 30.1 Å². The van der Waals surface area contributed by atoms with Gasteiger partial charge in [0.15, 0.2) is 0 Å². The molecule has 2 aromatic rings. The summed E-state index contributed by atoms with van der Waals surface area (Å²) in [5.74, 6) is 0. The van der Waals surface area contributed by atoms with Gasteiger partial charge in [0.25, 0.3) is 0 Å². The Bertz CT molecular complexity index is 630. The molecule has 1 aliphatic rings. The van der Waals surface area contributed by atoms with E-state index < -0.39 is 0 Å². The molecule has 1 atom stereocenters. The number of amides is 2. The zero-order valence-electron chi connectivity index (χ0n) is 13.9. The van der Waals surface area contributed by atoms with Crippen molar-refractivity contribution in [3.63, 3.8) is 0 Å². The van der Waals surface area contributed by atoms with Gasteiger partial charge in [-0.25, -0.2) is 4.79 Å². The van der Waals surface area contributed by atoms with Crippen LogP contribution < -0.4 is 10.6 Å². The molecule has 4 heteroatoms. The highest BCUT2D eigenvalue weighted by Crippen LogP contribution is 2.13. The first kappa shape index (κ1) is 16.5. The molecule has 0 saturated carbocycles. The number of hydrogen-bond acceptors (Lipinski definition) is 2. The molecule has 2 aromatic carbocycles. The van der Waals surface area contributed by atoms with Gasteiger partial charge >= 0.3 is 6.03 Å². The second-order valence-corrected chi connectivity index (χ2v) is 6.37. The average Bonchev–Trinajstić information content (AvgIpc) is 2.62. The minimum Gasteiger partial charge on any atom is -0.334 e. The molecule has 1 unspecified atom stereocenters. The van der Waals surface area contributed by atoms with Gasteiger partial charge in [0.1, 0.15) is 0 Å². The summed E-state index contributed by atoms with van der Waals surface area (Å²) in [6.07, 6.45) is 2.17. The molecule has 0 aliphatic carbocycles. The number of likely N-dealkylation sites (tertiary alicyclic amines) is 1. The highest BCUT2D eigenvalue weighted by atomic mass is 16.2. The van der Waals surface area contributed by atoms with Crippen molar-refractivity contribution in [2.45, 2.75) is 32.0 Å². The van der Waals surface area contributed by atoms with Crippen LogP contribution in [0, 0.1) is 0 Å². The Hall–Kier alpha value is -2.33. The number of nitrogens with zero attached hydrogens (tertiary/aromatic N) is 1. The molecule has 126 valence electrons. The summed E-state index contributed by atoms with van der Waals surface area (Å²) in [6, 6.07) is 20.6. The second kappa shape index (κ2) is 8.50. The molecule has 1 saturated heterocycles. The summed E-state index contributed by atoms with van der Waals surface area (Å²) in [6.45, 7) is 3.52. The van der Waals surface area contributed by atoms with Crippen molar-refractivity contribution in [1.29, 1.82) is 0 Å². The van der Waals surface area contributed by atoms with Crippen molar-refractivity contribution < 1.29 is 4.79 Å². The molecule has 1 heterocycles. The summed E-state index contributed by atoms with van der Waals surface area (Å²) >= 11 is 0. The molecule has 2 amide bonds. The number of urea groups is 1. The van der Waals surface area contributed by atoms with Gasteiger partial charge in [-0.2, -0.15) is 0 Å². The molecular formula is C20H25N3O. The Morgan fingerprint density at radius 2 is 1.67 bits per heavy atom. The van der Waals surface area contributed by atoms with Crippen LogP contribution in [0.15, 0.2) is 60.7 Å². The van der Waals surface area contributed by atoms with E-state index in [1.165, 1.54) is 5.56 Å². The Balaban J connectivity index is 1.44. The molecule has 2 N–H and O–H groups in total. The molecule has 0 aromatic heterocycles. The van der Waals surface area contributed by atoms with Crippen LogP contribution in [-0.2, 0) is 13.1 Å². The number of rotatable bonds is 5. The predicted molar refractivity (Wildman–Crippen MR) is 96.6 cm³/mol. The molecule has 3 rings (SSSR count). The maximum absolute atomic E-state index is 12.1. The quantitative estimate of drug-likeness (QED) is 0.888. The van der Waals surface area contributed by atoms with Gasteiger partial charge in [0.05, 0.1) is 0 Å². The molecule has 0 radical (unpaired) electrons. The van der Waals surface area contributed by atoms with Crippen molar-refractivity contribution in [3.05, 3.63) is 71.8 Å². The van der Waals surface area contributed by atoms with Crippen molar-refractivity contribution in [2.24, 2.45) is 0 Å². The fraction of sp³-hybridized carbons (Fsp3) is 0.350. The highest BCUT2D eigenvalue weighted by molar-refractivity contribution is 5.74. The van der Waals surface area contributed by atoms with E-state index in [2.05, 4.69) is 39.8 Å². The predicted octanol–water partition coefficient (Wildman–Crippen LogP) is 3.15. The van der Waals surface area contributed by atoms with Crippen molar-refractivity contribution in [3.8, 4) is 0 Å². The maximum atomic E-state index is 12.1. The van der Waals surface area contributed by atoms with E-state index in [1.54, 1.807) is 0 Å². The van der Waals surface area contributed by atoms with E-state index in [9.17, 15) is 4.79 Å². The van der Waals surface area contributed by atoms with Gasteiger partial charge in [0, 0.05) is 25.7 Å². The van der Waals surface area contributed by atoms with Gasteiger partial charge in [-0.1, -0.05) is 60.7 Å². The van der Waals surface area contributed by atoms with E-state index in [4.69, 9.17) is 0 Å². The minimum atomic E-state index is -0.0783. The average molecular weight is 323 g/mol. The van der Waals surface area contributed by atoms with Crippen molar-refractivity contribution in [2.75, 3.05) is 13.1 Å². The lowest BCUT2D eigenvalue weighted by Gasteiger charge is -2.33. The summed E-state index contributed by atoms with van der Waals surface area (Å²) in [4.78, 5) is 14.5. The molecule has 0 spiro atoms. The third-order valence-corrected chi connectivity index (χ3v) is 4.39. The number of nitrogens with one attached hydrogen (secondary N) is 2. The first-order valence-electron chi connectivity index (χ1n) is 8.64. The third-order valence-electron chi connectivity index (χ3n) is 4.39. The van der Waals surface area contributed by atoms with Crippen LogP contribution in [0.4, 0.5) is 4.79 Å². The third kappa shape index (κ3) is 5.10. The van der Waals surface area contributed by atoms with E-state index in [1.807, 2.05) is 36.4 Å². The number of piperidine rings is 1. The van der Waals surface area contributed by atoms with Crippen LogP contribution in [0.1, 0.15) is 24.0 Å². The SMILES string of the molecule is O=C(NCc1ccccc1)NC1CCCN(Cc2ccccc2)C1.